The third kappa shape index (κ3) is 6.58. The highest BCUT2D eigenvalue weighted by Crippen LogP contribution is 2.42. The predicted molar refractivity (Wildman–Crippen MR) is 153 cm³/mol. The van der Waals surface area contributed by atoms with Crippen LogP contribution in [0.1, 0.15) is 0 Å². The molecular weight excluding hydrogens is 546 g/mol. The molecule has 0 atom stereocenters. The lowest BCUT2D eigenvalue weighted by molar-refractivity contribution is -0.120. The van der Waals surface area contributed by atoms with Crippen molar-refractivity contribution in [3.8, 4) is 11.5 Å². The number of carbonyl (C=O) groups excluding carboxylic acids is 1. The second-order valence-electron chi connectivity index (χ2n) is 8.60. The van der Waals surface area contributed by atoms with E-state index in [-0.39, 0.29) is 0 Å². The van der Waals surface area contributed by atoms with Crippen LogP contribution in [-0.4, -0.2) is 24.5 Å². The van der Waals surface area contributed by atoms with E-state index in [0.29, 0.717) is 45.7 Å². The lowest BCUT2D eigenvalue weighted by Crippen LogP contribution is -1.99. The Morgan fingerprint density at radius 2 is 1.29 bits per heavy atom. The van der Waals surface area contributed by atoms with Crippen molar-refractivity contribution in [3.05, 3.63) is 103 Å². The molecule has 0 unspecified atom stereocenters. The van der Waals surface area contributed by atoms with Gasteiger partial charge < -0.3 is 15.2 Å². The Balaban J connectivity index is 1.39. The lowest BCUT2D eigenvalue weighted by atomic mass is 10.1. The van der Waals surface area contributed by atoms with Gasteiger partial charge in [-0.25, -0.2) is 0 Å². The maximum atomic E-state index is 12.2. The molecule has 3 N–H and O–H groups in total. The predicted octanol–water partition coefficient (Wildman–Crippen LogP) is 7.90. The van der Waals surface area contributed by atoms with Crippen LogP contribution in [0.5, 0.6) is 11.5 Å². The van der Waals surface area contributed by atoms with Gasteiger partial charge in [-0.15, -0.1) is 5.11 Å². The van der Waals surface area contributed by atoms with Gasteiger partial charge in [0.2, 0.25) is 0 Å². The van der Waals surface area contributed by atoms with Gasteiger partial charge in [0.15, 0.2) is 5.75 Å². The molecule has 41 heavy (non-hydrogen) atoms. The maximum Gasteiger partial charge on any atom is 0.298 e. The van der Waals surface area contributed by atoms with Crippen molar-refractivity contribution in [3.63, 3.8) is 0 Å². The van der Waals surface area contributed by atoms with E-state index in [1.54, 1.807) is 66.7 Å². The van der Waals surface area contributed by atoms with Crippen LogP contribution in [0.2, 0.25) is 0 Å². The lowest BCUT2D eigenvalue weighted by Gasteiger charge is -2.11. The molecule has 0 aliphatic heterocycles. The zero-order chi connectivity index (χ0) is 28.8. The fourth-order valence-corrected chi connectivity index (χ4v) is 4.52. The monoisotopic (exact) mass is 567 g/mol. The molecule has 0 aliphatic carbocycles. The SMILES string of the molecule is O=COc1ccc(N=Nc2ccc(N=Nc3c(S(=O)(=O)O)cc4cc(Nc5ccccc5)ccc4c3O)cc2)cc1. The summed E-state index contributed by atoms with van der Waals surface area (Å²) in [6.45, 7) is 0.334. The third-order valence-corrected chi connectivity index (χ3v) is 6.68. The summed E-state index contributed by atoms with van der Waals surface area (Å²) in [4.78, 5) is 9.80. The van der Waals surface area contributed by atoms with Crippen molar-refractivity contribution in [2.45, 2.75) is 4.90 Å². The Hall–Kier alpha value is -5.46. The first-order chi connectivity index (χ1) is 19.8. The molecule has 11 nitrogen and oxygen atoms in total. The smallest absolute Gasteiger partial charge is 0.298 e. The second kappa shape index (κ2) is 11.7. The normalized spacial score (nSPS) is 11.7. The molecule has 0 heterocycles. The Morgan fingerprint density at radius 1 is 0.707 bits per heavy atom. The number of hydrogen-bond donors (Lipinski definition) is 3. The van der Waals surface area contributed by atoms with Gasteiger partial charge in [0, 0.05) is 16.8 Å². The fraction of sp³-hybridized carbons (Fsp3) is 0. The number of hydrogen-bond acceptors (Lipinski definition) is 10. The number of benzene rings is 5. The maximum absolute atomic E-state index is 12.2. The van der Waals surface area contributed by atoms with Crippen LogP contribution >= 0.6 is 0 Å². The molecule has 5 aromatic rings. The molecule has 0 fully saturated rings. The zero-order valence-corrected chi connectivity index (χ0v) is 21.9. The number of phenolic OH excluding ortho intramolecular Hbond substituents is 1. The van der Waals surface area contributed by atoms with Crippen LogP contribution in [0.4, 0.5) is 34.1 Å². The van der Waals surface area contributed by atoms with E-state index in [2.05, 4.69) is 25.8 Å². The number of rotatable bonds is 9. The second-order valence-corrected chi connectivity index (χ2v) is 9.99. The highest BCUT2D eigenvalue weighted by atomic mass is 32.2. The number of nitrogens with one attached hydrogen (secondary N) is 1. The summed E-state index contributed by atoms with van der Waals surface area (Å²) in [5.41, 5.74) is 2.46. The summed E-state index contributed by atoms with van der Waals surface area (Å²) >= 11 is 0. The molecule has 0 bridgehead atoms. The first-order valence-corrected chi connectivity index (χ1v) is 13.5. The summed E-state index contributed by atoms with van der Waals surface area (Å²) in [6, 6.07) is 28.4. The first kappa shape index (κ1) is 27.1. The number of phenols is 1. The highest BCUT2D eigenvalue weighted by molar-refractivity contribution is 7.86. The van der Waals surface area contributed by atoms with Gasteiger partial charge in [0.05, 0.1) is 17.1 Å². The van der Waals surface area contributed by atoms with Gasteiger partial charge >= 0.3 is 0 Å². The summed E-state index contributed by atoms with van der Waals surface area (Å²) in [5.74, 6) is -0.0618. The molecule has 5 rings (SSSR count). The van der Waals surface area contributed by atoms with E-state index < -0.39 is 26.5 Å². The summed E-state index contributed by atoms with van der Waals surface area (Å²) < 4.78 is 39.0. The molecule has 204 valence electrons. The van der Waals surface area contributed by atoms with Crippen LogP contribution in [0, 0.1) is 0 Å². The Bertz CT molecular complexity index is 1880. The minimum Gasteiger partial charge on any atom is -0.505 e. The van der Waals surface area contributed by atoms with Crippen molar-refractivity contribution in [1.29, 1.82) is 0 Å². The van der Waals surface area contributed by atoms with Crippen molar-refractivity contribution in [1.82, 2.24) is 0 Å². The minimum absolute atomic E-state index is 0.325. The van der Waals surface area contributed by atoms with Gasteiger partial charge in [-0.1, -0.05) is 18.2 Å². The Labute approximate surface area is 234 Å². The average molecular weight is 568 g/mol. The minimum atomic E-state index is -4.76. The van der Waals surface area contributed by atoms with Crippen molar-refractivity contribution >= 4 is 61.5 Å². The Kier molecular flexibility index (Phi) is 7.76. The molecular formula is C29H21N5O6S. The standard InChI is InChI=1S/C29H21N5O6S/c35-18-40-25-13-10-23(11-14-25)32-31-21-6-8-22(9-7-21)33-34-28-27(41(37,38)39)17-19-16-24(12-15-26(19)29(28)36)30-20-4-2-1-3-5-20/h1-18,30,36H,(H,37,38,39). The Morgan fingerprint density at radius 3 is 1.88 bits per heavy atom. The number of azo groups is 2. The van der Waals surface area contributed by atoms with Gasteiger partial charge in [0.25, 0.3) is 16.6 Å². The molecule has 0 aromatic heterocycles. The number of nitrogens with zero attached hydrogens (tertiary/aromatic N) is 4. The van der Waals surface area contributed by atoms with Gasteiger partial charge in [0.1, 0.15) is 16.3 Å². The average Bonchev–Trinajstić information content (AvgIpc) is 2.97. The van der Waals surface area contributed by atoms with Crippen LogP contribution < -0.4 is 10.1 Å². The van der Waals surface area contributed by atoms with Crippen molar-refractivity contribution in [2.24, 2.45) is 20.5 Å². The highest BCUT2D eigenvalue weighted by Gasteiger charge is 2.22. The molecule has 12 heteroatoms. The number of aromatic hydroxyl groups is 1. The van der Waals surface area contributed by atoms with Crippen LogP contribution in [0.25, 0.3) is 10.8 Å². The quantitative estimate of drug-likeness (QED) is 0.0925. The van der Waals surface area contributed by atoms with Gasteiger partial charge in [-0.05, 0) is 90.3 Å². The topological polar surface area (TPSA) is 162 Å². The van der Waals surface area contributed by atoms with Crippen LogP contribution in [-0.2, 0) is 14.9 Å². The van der Waals surface area contributed by atoms with E-state index in [0.717, 1.165) is 5.69 Å². The van der Waals surface area contributed by atoms with Crippen LogP contribution in [0.3, 0.4) is 0 Å². The van der Waals surface area contributed by atoms with E-state index in [4.69, 9.17) is 4.74 Å². The number of fused-ring (bicyclic) bond motifs is 1. The fourth-order valence-electron chi connectivity index (χ4n) is 3.87. The number of anilines is 2. The summed E-state index contributed by atoms with van der Waals surface area (Å²) in [7, 11) is -4.76. The number of ether oxygens (including phenoxy) is 1. The molecule has 0 spiro atoms. The molecule has 0 saturated carbocycles. The van der Waals surface area contributed by atoms with Gasteiger partial charge in [-0.3, -0.25) is 9.35 Å². The molecule has 0 radical (unpaired) electrons. The third-order valence-electron chi connectivity index (χ3n) is 5.81. The van der Waals surface area contributed by atoms with E-state index >= 15 is 0 Å². The first-order valence-electron chi connectivity index (χ1n) is 12.0. The van der Waals surface area contributed by atoms with Crippen molar-refractivity contribution in [2.75, 3.05) is 5.32 Å². The van der Waals surface area contributed by atoms with Gasteiger partial charge in [-0.2, -0.15) is 23.8 Å². The largest absolute Gasteiger partial charge is 0.505 e. The molecule has 5 aromatic carbocycles. The van der Waals surface area contributed by atoms with E-state index in [9.17, 15) is 22.9 Å². The van der Waals surface area contributed by atoms with E-state index in [1.807, 2.05) is 30.3 Å². The number of carbonyl (C=O) groups is 1. The molecule has 0 saturated heterocycles. The van der Waals surface area contributed by atoms with E-state index in [1.165, 1.54) is 6.07 Å². The van der Waals surface area contributed by atoms with Crippen molar-refractivity contribution < 1.29 is 27.6 Å². The summed E-state index contributed by atoms with van der Waals surface area (Å²) in [5, 5.41) is 31.0. The zero-order valence-electron chi connectivity index (χ0n) is 21.1. The number of para-hydroxylation sites is 1. The van der Waals surface area contributed by atoms with Crippen LogP contribution in [0.15, 0.2) is 128 Å². The molecule has 0 amide bonds. The molecule has 0 aliphatic rings. The summed E-state index contributed by atoms with van der Waals surface area (Å²) in [6.07, 6.45) is 0.